The predicted molar refractivity (Wildman–Crippen MR) is 100 cm³/mol. The fraction of sp³-hybridized carbons (Fsp3) is 0.250. The Morgan fingerprint density at radius 1 is 1.30 bits per heavy atom. The largest absolute Gasteiger partial charge is 0.338 e. The number of nitrogens with zero attached hydrogens (tertiary/aromatic N) is 2. The number of carbonyl (C=O) groups excluding carboxylic acids is 1. The molecule has 0 fully saturated rings. The maximum absolute atomic E-state index is 12.5. The predicted octanol–water partition coefficient (Wildman–Crippen LogP) is 4.82. The molecule has 0 saturated heterocycles. The Kier molecular flexibility index (Phi) is 4.36. The van der Waals surface area contributed by atoms with Crippen LogP contribution in [0.25, 0.3) is 9.88 Å². The lowest BCUT2D eigenvalue weighted by Gasteiger charge is -2.26. The van der Waals surface area contributed by atoms with Gasteiger partial charge in [-0.05, 0) is 45.4 Å². The molecule has 0 aromatic carbocycles. The summed E-state index contributed by atoms with van der Waals surface area (Å²) in [6, 6.07) is 4.20. The summed E-state index contributed by atoms with van der Waals surface area (Å²) in [5.74, 6) is 0.172. The molecule has 7 heteroatoms. The van der Waals surface area contributed by atoms with Crippen molar-refractivity contribution in [3.63, 3.8) is 0 Å². The van der Waals surface area contributed by atoms with Gasteiger partial charge in [-0.25, -0.2) is 4.98 Å². The van der Waals surface area contributed by atoms with Crippen LogP contribution in [0, 0.1) is 0 Å². The highest BCUT2D eigenvalue weighted by Gasteiger charge is 2.22. The third-order valence-electron chi connectivity index (χ3n) is 3.82. The Hall–Kier alpha value is -1.02. The second kappa shape index (κ2) is 6.47. The number of aromatic nitrogens is 1. The molecule has 0 saturated carbocycles. The van der Waals surface area contributed by atoms with Crippen molar-refractivity contribution in [1.82, 2.24) is 9.88 Å². The van der Waals surface area contributed by atoms with E-state index in [2.05, 4.69) is 38.4 Å². The molecule has 0 atom stereocenters. The van der Waals surface area contributed by atoms with Gasteiger partial charge in [0.1, 0.15) is 5.01 Å². The molecule has 3 aromatic heterocycles. The molecule has 0 bridgehead atoms. The third-order valence-corrected chi connectivity index (χ3v) is 7.60. The van der Waals surface area contributed by atoms with E-state index in [1.807, 2.05) is 15.7 Å². The van der Waals surface area contributed by atoms with Crippen molar-refractivity contribution in [2.45, 2.75) is 19.4 Å². The second-order valence-corrected chi connectivity index (χ2v) is 9.07. The normalized spacial score (nSPS) is 14.0. The molecule has 4 rings (SSSR count). The van der Waals surface area contributed by atoms with E-state index in [0.29, 0.717) is 6.42 Å². The number of hydrogen-bond donors (Lipinski definition) is 0. The first-order chi connectivity index (χ1) is 11.2. The highest BCUT2D eigenvalue weighted by molar-refractivity contribution is 9.10. The number of rotatable bonds is 3. The minimum atomic E-state index is 0.172. The van der Waals surface area contributed by atoms with E-state index in [-0.39, 0.29) is 5.91 Å². The number of fused-ring (bicyclic) bond motifs is 1. The molecule has 0 aliphatic carbocycles. The number of amides is 1. The Balaban J connectivity index is 1.44. The Bertz CT molecular complexity index is 851. The number of carbonyl (C=O) groups is 1. The molecule has 3 aromatic rings. The lowest BCUT2D eigenvalue weighted by atomic mass is 10.1. The molecular weight excluding hydrogens is 412 g/mol. The van der Waals surface area contributed by atoms with Gasteiger partial charge >= 0.3 is 0 Å². The van der Waals surface area contributed by atoms with E-state index in [0.717, 1.165) is 39.6 Å². The number of thiophene rings is 2. The van der Waals surface area contributed by atoms with E-state index < -0.39 is 0 Å². The van der Waals surface area contributed by atoms with Crippen LogP contribution >= 0.6 is 49.9 Å². The van der Waals surface area contributed by atoms with Crippen molar-refractivity contribution in [3.8, 4) is 9.88 Å². The summed E-state index contributed by atoms with van der Waals surface area (Å²) in [6.45, 7) is 1.56. The topological polar surface area (TPSA) is 33.2 Å². The van der Waals surface area contributed by atoms with Gasteiger partial charge in [0.2, 0.25) is 5.91 Å². The summed E-state index contributed by atoms with van der Waals surface area (Å²) in [7, 11) is 0. The molecule has 4 heterocycles. The maximum Gasteiger partial charge on any atom is 0.228 e. The standard InChI is InChI=1S/C16H13BrN2OS3/c17-11-5-14(22-8-11)16-18-12(9-23-16)6-15(20)19-3-1-13-10(7-19)2-4-21-13/h2,4-5,8-9H,1,3,6-7H2. The fourth-order valence-electron chi connectivity index (χ4n) is 2.65. The van der Waals surface area contributed by atoms with Gasteiger partial charge in [0.25, 0.3) is 0 Å². The van der Waals surface area contributed by atoms with E-state index in [9.17, 15) is 4.79 Å². The first-order valence-electron chi connectivity index (χ1n) is 7.21. The van der Waals surface area contributed by atoms with Gasteiger partial charge in [-0.2, -0.15) is 0 Å². The molecule has 1 aliphatic rings. The van der Waals surface area contributed by atoms with Crippen molar-refractivity contribution in [3.05, 3.63) is 48.9 Å². The molecular formula is C16H13BrN2OS3. The fourth-order valence-corrected chi connectivity index (χ4v) is 5.87. The zero-order valence-electron chi connectivity index (χ0n) is 12.1. The van der Waals surface area contributed by atoms with E-state index in [1.165, 1.54) is 10.4 Å². The summed E-state index contributed by atoms with van der Waals surface area (Å²) in [5.41, 5.74) is 2.17. The van der Waals surface area contributed by atoms with Crippen LogP contribution in [0.4, 0.5) is 0 Å². The zero-order chi connectivity index (χ0) is 15.8. The lowest BCUT2D eigenvalue weighted by Crippen LogP contribution is -2.36. The molecule has 23 heavy (non-hydrogen) atoms. The van der Waals surface area contributed by atoms with Crippen LogP contribution in [0.5, 0.6) is 0 Å². The summed E-state index contributed by atoms with van der Waals surface area (Å²) >= 11 is 8.53. The lowest BCUT2D eigenvalue weighted by molar-refractivity contribution is -0.131. The SMILES string of the molecule is O=C(Cc1csc(-c2cc(Br)cs2)n1)N1CCc2sccc2C1. The quantitative estimate of drug-likeness (QED) is 0.603. The van der Waals surface area contributed by atoms with Crippen LogP contribution in [0.1, 0.15) is 16.1 Å². The molecule has 0 unspecified atom stereocenters. The molecule has 0 N–H and O–H groups in total. The van der Waals surface area contributed by atoms with E-state index >= 15 is 0 Å². The van der Waals surface area contributed by atoms with Crippen LogP contribution < -0.4 is 0 Å². The van der Waals surface area contributed by atoms with Crippen molar-refractivity contribution in [2.75, 3.05) is 6.54 Å². The van der Waals surface area contributed by atoms with Gasteiger partial charge in [0.05, 0.1) is 17.0 Å². The van der Waals surface area contributed by atoms with Gasteiger partial charge < -0.3 is 4.90 Å². The van der Waals surface area contributed by atoms with Gasteiger partial charge in [0, 0.05) is 33.2 Å². The minimum absolute atomic E-state index is 0.172. The Morgan fingerprint density at radius 2 is 2.22 bits per heavy atom. The summed E-state index contributed by atoms with van der Waals surface area (Å²) < 4.78 is 1.07. The second-order valence-electron chi connectivity index (χ2n) is 5.38. The highest BCUT2D eigenvalue weighted by Crippen LogP contribution is 2.32. The molecule has 0 radical (unpaired) electrons. The average molecular weight is 425 g/mol. The minimum Gasteiger partial charge on any atom is -0.338 e. The van der Waals surface area contributed by atoms with E-state index in [1.54, 1.807) is 34.0 Å². The maximum atomic E-state index is 12.5. The Morgan fingerprint density at radius 3 is 3.04 bits per heavy atom. The first kappa shape index (κ1) is 15.5. The molecule has 3 nitrogen and oxygen atoms in total. The van der Waals surface area contributed by atoms with Crippen molar-refractivity contribution in [1.29, 1.82) is 0 Å². The number of hydrogen-bond acceptors (Lipinski definition) is 5. The first-order valence-corrected chi connectivity index (χ1v) is 10.6. The highest BCUT2D eigenvalue weighted by atomic mass is 79.9. The van der Waals surface area contributed by atoms with Crippen LogP contribution in [0.2, 0.25) is 0 Å². The smallest absolute Gasteiger partial charge is 0.228 e. The molecule has 1 aliphatic heterocycles. The van der Waals surface area contributed by atoms with E-state index in [4.69, 9.17) is 0 Å². The number of thiazole rings is 1. The molecule has 0 spiro atoms. The van der Waals surface area contributed by atoms with Crippen LogP contribution in [0.15, 0.2) is 32.7 Å². The van der Waals surface area contributed by atoms with Crippen molar-refractivity contribution < 1.29 is 4.79 Å². The zero-order valence-corrected chi connectivity index (χ0v) is 16.2. The summed E-state index contributed by atoms with van der Waals surface area (Å²) in [4.78, 5) is 21.7. The molecule has 118 valence electrons. The van der Waals surface area contributed by atoms with Crippen LogP contribution in [-0.4, -0.2) is 22.3 Å². The van der Waals surface area contributed by atoms with Gasteiger partial charge in [0.15, 0.2) is 0 Å². The van der Waals surface area contributed by atoms with Crippen molar-refractivity contribution >= 4 is 55.8 Å². The third kappa shape index (κ3) is 3.28. The summed E-state index contributed by atoms with van der Waals surface area (Å²) in [6.07, 6.45) is 1.37. The summed E-state index contributed by atoms with van der Waals surface area (Å²) in [5, 5.41) is 7.15. The number of halogens is 1. The van der Waals surface area contributed by atoms with Gasteiger partial charge in [-0.1, -0.05) is 0 Å². The molecule has 1 amide bonds. The Labute approximate surface area is 154 Å². The average Bonchev–Trinajstić information content (AvgIpc) is 3.26. The van der Waals surface area contributed by atoms with Gasteiger partial charge in [-0.15, -0.1) is 34.0 Å². The van der Waals surface area contributed by atoms with Gasteiger partial charge in [-0.3, -0.25) is 4.79 Å². The van der Waals surface area contributed by atoms with Crippen LogP contribution in [0.3, 0.4) is 0 Å². The van der Waals surface area contributed by atoms with Crippen molar-refractivity contribution in [2.24, 2.45) is 0 Å². The monoisotopic (exact) mass is 424 g/mol. The van der Waals surface area contributed by atoms with Crippen LogP contribution in [-0.2, 0) is 24.2 Å².